The van der Waals surface area contributed by atoms with Crippen LogP contribution >= 0.6 is 23.2 Å². The zero-order chi connectivity index (χ0) is 13.0. The minimum absolute atomic E-state index is 0.0294. The molecule has 1 rings (SSSR count). The molecule has 0 bridgehead atoms. The quantitative estimate of drug-likeness (QED) is 0.892. The Kier molecular flexibility index (Phi) is 5.74. The predicted octanol–water partition coefficient (Wildman–Crippen LogP) is 3.53. The molecule has 0 aliphatic carbocycles. The summed E-state index contributed by atoms with van der Waals surface area (Å²) < 4.78 is 5.42. The summed E-state index contributed by atoms with van der Waals surface area (Å²) in [5.74, 6) is 0.376. The number of halogens is 2. The minimum atomic E-state index is -0.0707. The van der Waals surface area contributed by atoms with E-state index in [9.17, 15) is 0 Å². The van der Waals surface area contributed by atoms with Crippen LogP contribution in [-0.2, 0) is 11.2 Å². The summed E-state index contributed by atoms with van der Waals surface area (Å²) in [6.07, 6.45) is 0.717. The van der Waals surface area contributed by atoms with E-state index in [4.69, 9.17) is 33.7 Å². The third-order valence-electron chi connectivity index (χ3n) is 2.82. The lowest BCUT2D eigenvalue weighted by molar-refractivity contribution is 0.0441. The van der Waals surface area contributed by atoms with Gasteiger partial charge < -0.3 is 10.5 Å². The van der Waals surface area contributed by atoms with Crippen LogP contribution < -0.4 is 5.73 Å². The van der Waals surface area contributed by atoms with E-state index in [2.05, 4.69) is 13.8 Å². The van der Waals surface area contributed by atoms with Crippen molar-refractivity contribution >= 4 is 23.2 Å². The summed E-state index contributed by atoms with van der Waals surface area (Å²) in [4.78, 5) is 0. The number of hydrogen-bond acceptors (Lipinski definition) is 2. The van der Waals surface area contributed by atoms with Crippen molar-refractivity contribution in [3.63, 3.8) is 0 Å². The summed E-state index contributed by atoms with van der Waals surface area (Å²) in [7, 11) is 1.69. The molecule has 4 heteroatoms. The topological polar surface area (TPSA) is 35.2 Å². The fourth-order valence-corrected chi connectivity index (χ4v) is 2.48. The van der Waals surface area contributed by atoms with Crippen molar-refractivity contribution < 1.29 is 4.74 Å². The second-order valence-electron chi connectivity index (χ2n) is 4.55. The van der Waals surface area contributed by atoms with Gasteiger partial charge in [0.2, 0.25) is 0 Å². The highest BCUT2D eigenvalue weighted by Crippen LogP contribution is 2.23. The Balaban J connectivity index is 2.76. The Morgan fingerprint density at radius 3 is 2.41 bits per heavy atom. The van der Waals surface area contributed by atoms with E-state index in [0.717, 1.165) is 5.56 Å². The normalized spacial score (nSPS) is 15.0. The molecule has 2 nitrogen and oxygen atoms in total. The maximum absolute atomic E-state index is 6.15. The van der Waals surface area contributed by atoms with Gasteiger partial charge in [-0.1, -0.05) is 43.1 Å². The number of nitrogens with two attached hydrogens (primary N) is 1. The van der Waals surface area contributed by atoms with Gasteiger partial charge >= 0.3 is 0 Å². The number of benzene rings is 1. The molecule has 0 aliphatic heterocycles. The maximum atomic E-state index is 6.15. The van der Waals surface area contributed by atoms with E-state index >= 15 is 0 Å². The first kappa shape index (κ1) is 14.8. The van der Waals surface area contributed by atoms with Gasteiger partial charge in [0.1, 0.15) is 0 Å². The van der Waals surface area contributed by atoms with Gasteiger partial charge in [0, 0.05) is 23.2 Å². The Morgan fingerprint density at radius 2 is 1.94 bits per heavy atom. The molecule has 0 amide bonds. The van der Waals surface area contributed by atoms with Crippen LogP contribution in [0.15, 0.2) is 18.2 Å². The molecule has 0 spiro atoms. The molecule has 0 fully saturated rings. The van der Waals surface area contributed by atoms with Crippen molar-refractivity contribution in [2.45, 2.75) is 32.4 Å². The van der Waals surface area contributed by atoms with E-state index in [1.165, 1.54) is 0 Å². The highest BCUT2D eigenvalue weighted by molar-refractivity contribution is 6.35. The van der Waals surface area contributed by atoms with Crippen LogP contribution in [0.1, 0.15) is 19.4 Å². The van der Waals surface area contributed by atoms with Gasteiger partial charge in [0.25, 0.3) is 0 Å². The lowest BCUT2D eigenvalue weighted by atomic mass is 9.94. The van der Waals surface area contributed by atoms with Gasteiger partial charge in [-0.25, -0.2) is 0 Å². The Labute approximate surface area is 113 Å². The highest BCUT2D eigenvalue weighted by Gasteiger charge is 2.21. The van der Waals surface area contributed by atoms with Crippen molar-refractivity contribution in [1.29, 1.82) is 0 Å². The molecule has 1 aromatic carbocycles. The van der Waals surface area contributed by atoms with Crippen LogP contribution in [0.3, 0.4) is 0 Å². The van der Waals surface area contributed by atoms with E-state index in [1.54, 1.807) is 13.2 Å². The highest BCUT2D eigenvalue weighted by atomic mass is 35.5. The van der Waals surface area contributed by atoms with E-state index in [0.29, 0.717) is 22.4 Å². The van der Waals surface area contributed by atoms with Gasteiger partial charge in [-0.15, -0.1) is 0 Å². The van der Waals surface area contributed by atoms with Crippen LogP contribution in [0.4, 0.5) is 0 Å². The molecule has 0 saturated heterocycles. The van der Waals surface area contributed by atoms with Gasteiger partial charge in [-0.05, 0) is 30.0 Å². The van der Waals surface area contributed by atoms with Crippen LogP contribution in [0.5, 0.6) is 0 Å². The summed E-state index contributed by atoms with van der Waals surface area (Å²) in [5, 5.41) is 1.30. The van der Waals surface area contributed by atoms with E-state index in [1.807, 2.05) is 12.1 Å². The SMILES string of the molecule is COC(C(C)C)C(N)Cc1ccc(Cl)cc1Cl. The van der Waals surface area contributed by atoms with Crippen LogP contribution in [0.25, 0.3) is 0 Å². The molecular formula is C13H19Cl2NO. The van der Waals surface area contributed by atoms with Gasteiger partial charge in [-0.2, -0.15) is 0 Å². The monoisotopic (exact) mass is 275 g/mol. The lowest BCUT2D eigenvalue weighted by Gasteiger charge is -2.26. The molecule has 0 aliphatic rings. The molecule has 2 unspecified atom stereocenters. The molecule has 0 saturated carbocycles. The standard InChI is InChI=1S/C13H19Cl2NO/c1-8(2)13(17-3)12(16)6-9-4-5-10(14)7-11(9)15/h4-5,7-8,12-13H,6,16H2,1-3H3. The first-order chi connectivity index (χ1) is 7.95. The molecule has 0 heterocycles. The third kappa shape index (κ3) is 4.14. The fourth-order valence-electron chi connectivity index (χ4n) is 2.00. The van der Waals surface area contributed by atoms with E-state index in [-0.39, 0.29) is 12.1 Å². The molecule has 17 heavy (non-hydrogen) atoms. The average Bonchev–Trinajstić information content (AvgIpc) is 2.22. The zero-order valence-corrected chi connectivity index (χ0v) is 11.9. The second-order valence-corrected chi connectivity index (χ2v) is 5.39. The summed E-state index contributed by atoms with van der Waals surface area (Å²) in [5.41, 5.74) is 7.16. The Hall–Kier alpha value is -0.280. The third-order valence-corrected chi connectivity index (χ3v) is 3.41. The zero-order valence-electron chi connectivity index (χ0n) is 10.4. The number of ether oxygens (including phenoxy) is 1. The summed E-state index contributed by atoms with van der Waals surface area (Å²) in [6, 6.07) is 5.41. The van der Waals surface area contributed by atoms with Crippen LogP contribution in [-0.4, -0.2) is 19.3 Å². The smallest absolute Gasteiger partial charge is 0.0748 e. The minimum Gasteiger partial charge on any atom is -0.380 e. The molecule has 96 valence electrons. The Morgan fingerprint density at radius 1 is 1.29 bits per heavy atom. The van der Waals surface area contributed by atoms with Crippen LogP contribution in [0.2, 0.25) is 10.0 Å². The molecule has 0 radical (unpaired) electrons. The lowest BCUT2D eigenvalue weighted by Crippen LogP contribution is -2.41. The van der Waals surface area contributed by atoms with Gasteiger partial charge in [-0.3, -0.25) is 0 Å². The van der Waals surface area contributed by atoms with Gasteiger partial charge in [0.15, 0.2) is 0 Å². The number of rotatable bonds is 5. The molecule has 0 aromatic heterocycles. The first-order valence-electron chi connectivity index (χ1n) is 5.68. The van der Waals surface area contributed by atoms with Crippen LogP contribution in [0, 0.1) is 5.92 Å². The van der Waals surface area contributed by atoms with Gasteiger partial charge in [0.05, 0.1) is 6.10 Å². The fraction of sp³-hybridized carbons (Fsp3) is 0.538. The van der Waals surface area contributed by atoms with Crippen molar-refractivity contribution in [2.75, 3.05) is 7.11 Å². The van der Waals surface area contributed by atoms with Crippen molar-refractivity contribution in [2.24, 2.45) is 11.7 Å². The maximum Gasteiger partial charge on any atom is 0.0748 e. The van der Waals surface area contributed by atoms with Crippen molar-refractivity contribution in [3.8, 4) is 0 Å². The molecular weight excluding hydrogens is 257 g/mol. The molecule has 1 aromatic rings. The predicted molar refractivity (Wildman–Crippen MR) is 73.8 cm³/mol. The summed E-state index contributed by atoms with van der Waals surface area (Å²) >= 11 is 12.0. The molecule has 2 atom stereocenters. The van der Waals surface area contributed by atoms with Crippen molar-refractivity contribution in [1.82, 2.24) is 0 Å². The van der Waals surface area contributed by atoms with E-state index < -0.39 is 0 Å². The second kappa shape index (κ2) is 6.60. The van der Waals surface area contributed by atoms with Crippen molar-refractivity contribution in [3.05, 3.63) is 33.8 Å². The largest absolute Gasteiger partial charge is 0.380 e. The molecule has 2 N–H and O–H groups in total. The number of methoxy groups -OCH3 is 1. The average molecular weight is 276 g/mol. The Bertz CT molecular complexity index is 368. The first-order valence-corrected chi connectivity index (χ1v) is 6.43. The number of hydrogen-bond donors (Lipinski definition) is 1. The summed E-state index contributed by atoms with van der Waals surface area (Å²) in [6.45, 7) is 4.19.